The van der Waals surface area contributed by atoms with Crippen molar-refractivity contribution in [3.8, 4) is 11.3 Å². The van der Waals surface area contributed by atoms with Gasteiger partial charge in [0.15, 0.2) is 17.0 Å². The van der Waals surface area contributed by atoms with Crippen LogP contribution in [0.1, 0.15) is 6.92 Å². The zero-order valence-corrected chi connectivity index (χ0v) is 14.8. The highest BCUT2D eigenvalue weighted by Crippen LogP contribution is 2.26. The molecule has 27 heavy (non-hydrogen) atoms. The molecule has 0 spiro atoms. The van der Waals surface area contributed by atoms with Crippen LogP contribution in [0.25, 0.3) is 22.4 Å². The summed E-state index contributed by atoms with van der Waals surface area (Å²) >= 11 is 0. The summed E-state index contributed by atoms with van der Waals surface area (Å²) in [5, 5.41) is 2.63. The average Bonchev–Trinajstić information content (AvgIpc) is 2.68. The van der Waals surface area contributed by atoms with E-state index in [4.69, 9.17) is 15.5 Å². The molecule has 1 aliphatic heterocycles. The van der Waals surface area contributed by atoms with Crippen molar-refractivity contribution < 1.29 is 9.53 Å². The molecule has 1 aromatic carbocycles. The average molecular weight is 365 g/mol. The Labute approximate surface area is 155 Å². The maximum atomic E-state index is 11.4. The first-order valence-corrected chi connectivity index (χ1v) is 8.61. The molecule has 3 aromatic rings. The molecule has 138 valence electrons. The van der Waals surface area contributed by atoms with Gasteiger partial charge >= 0.3 is 0 Å². The van der Waals surface area contributed by atoms with Crippen molar-refractivity contribution in [3.63, 3.8) is 0 Å². The highest BCUT2D eigenvalue weighted by atomic mass is 16.5. The summed E-state index contributed by atoms with van der Waals surface area (Å²) in [5.41, 5.74) is 9.06. The Kier molecular flexibility index (Phi) is 4.51. The minimum absolute atomic E-state index is 0.214. The summed E-state index contributed by atoms with van der Waals surface area (Å²) in [7, 11) is 0. The molecule has 0 radical (unpaired) electrons. The summed E-state index contributed by atoms with van der Waals surface area (Å²) < 4.78 is 5.43. The van der Waals surface area contributed by atoms with E-state index in [1.807, 2.05) is 24.3 Å². The van der Waals surface area contributed by atoms with Crippen molar-refractivity contribution in [1.82, 2.24) is 19.9 Å². The molecule has 0 bridgehead atoms. The zero-order valence-electron chi connectivity index (χ0n) is 14.8. The predicted octanol–water partition coefficient (Wildman–Crippen LogP) is 1.46. The van der Waals surface area contributed by atoms with Crippen LogP contribution in [0, 0.1) is 0 Å². The third-order valence-electron chi connectivity index (χ3n) is 4.19. The minimum atomic E-state index is -0.242. The monoisotopic (exact) mass is 365 g/mol. The first kappa shape index (κ1) is 17.1. The van der Waals surface area contributed by atoms with Crippen LogP contribution in [-0.2, 0) is 9.53 Å². The van der Waals surface area contributed by atoms with Gasteiger partial charge in [-0.2, -0.15) is 9.97 Å². The molecule has 3 heterocycles. The van der Waals surface area contributed by atoms with Crippen molar-refractivity contribution >= 4 is 34.5 Å². The summed E-state index contributed by atoms with van der Waals surface area (Å²) in [5.74, 6) is 0.608. The number of anilines is 3. The highest BCUT2D eigenvalue weighted by Gasteiger charge is 2.20. The first-order valence-electron chi connectivity index (χ1n) is 8.61. The van der Waals surface area contributed by atoms with Gasteiger partial charge < -0.3 is 15.4 Å². The standard InChI is InChI=1S/C18H19N7O2/c1-11(26)21-18-23-16-15(17(24-18)25-6-8-27-9-7-25)22-14(10-20-16)12-2-4-13(19)5-3-12/h2-5,10H,6-9,19H2,1H3,(H,20,21,23,24,26). The third kappa shape index (κ3) is 3.63. The number of nitrogens with two attached hydrogens (primary N) is 1. The topological polar surface area (TPSA) is 119 Å². The molecule has 9 nitrogen and oxygen atoms in total. The van der Waals surface area contributed by atoms with Gasteiger partial charge in [-0.05, 0) is 12.1 Å². The Hall–Kier alpha value is -3.33. The number of carbonyl (C=O) groups excluding carboxylic acids is 1. The number of nitrogen functional groups attached to an aromatic ring is 1. The Morgan fingerprint density at radius 1 is 1.15 bits per heavy atom. The zero-order chi connectivity index (χ0) is 18.8. The Morgan fingerprint density at radius 3 is 2.59 bits per heavy atom. The molecule has 0 atom stereocenters. The van der Waals surface area contributed by atoms with Gasteiger partial charge in [0.2, 0.25) is 11.9 Å². The maximum Gasteiger partial charge on any atom is 0.233 e. The number of nitrogens with zero attached hydrogens (tertiary/aromatic N) is 5. The largest absolute Gasteiger partial charge is 0.399 e. The van der Waals surface area contributed by atoms with E-state index in [1.54, 1.807) is 6.20 Å². The number of nitrogens with one attached hydrogen (secondary N) is 1. The van der Waals surface area contributed by atoms with Gasteiger partial charge in [0.05, 0.1) is 25.1 Å². The Balaban J connectivity index is 1.84. The van der Waals surface area contributed by atoms with E-state index < -0.39 is 0 Å². The van der Waals surface area contributed by atoms with Crippen molar-refractivity contribution in [1.29, 1.82) is 0 Å². The molecule has 1 aliphatic rings. The second-order valence-corrected chi connectivity index (χ2v) is 6.20. The van der Waals surface area contributed by atoms with Gasteiger partial charge in [0.25, 0.3) is 0 Å². The number of morpholine rings is 1. The lowest BCUT2D eigenvalue weighted by Gasteiger charge is -2.28. The van der Waals surface area contributed by atoms with Crippen LogP contribution < -0.4 is 16.0 Å². The molecule has 0 unspecified atom stereocenters. The molecule has 4 rings (SSSR count). The van der Waals surface area contributed by atoms with Gasteiger partial charge in [-0.25, -0.2) is 9.97 Å². The number of rotatable bonds is 3. The van der Waals surface area contributed by atoms with Gasteiger partial charge in [-0.1, -0.05) is 12.1 Å². The van der Waals surface area contributed by atoms with Gasteiger partial charge in [0.1, 0.15) is 0 Å². The Morgan fingerprint density at radius 2 is 1.89 bits per heavy atom. The van der Waals surface area contributed by atoms with Crippen molar-refractivity contribution in [2.24, 2.45) is 0 Å². The maximum absolute atomic E-state index is 11.4. The van der Waals surface area contributed by atoms with E-state index in [-0.39, 0.29) is 11.9 Å². The van der Waals surface area contributed by atoms with Crippen molar-refractivity contribution in [2.75, 3.05) is 42.3 Å². The lowest BCUT2D eigenvalue weighted by Crippen LogP contribution is -2.37. The van der Waals surface area contributed by atoms with Crippen LogP contribution in [0.2, 0.25) is 0 Å². The number of hydrogen-bond acceptors (Lipinski definition) is 8. The highest BCUT2D eigenvalue weighted by molar-refractivity contribution is 5.90. The number of ether oxygens (including phenoxy) is 1. The number of benzene rings is 1. The quantitative estimate of drug-likeness (QED) is 0.670. The van der Waals surface area contributed by atoms with Crippen LogP contribution in [-0.4, -0.2) is 52.1 Å². The molecule has 0 saturated carbocycles. The molecular formula is C18H19N7O2. The van der Waals surface area contributed by atoms with E-state index in [0.717, 1.165) is 5.56 Å². The smallest absolute Gasteiger partial charge is 0.233 e. The molecule has 2 aromatic heterocycles. The second kappa shape index (κ2) is 7.12. The van der Waals surface area contributed by atoms with Crippen LogP contribution in [0.4, 0.5) is 17.5 Å². The fourth-order valence-corrected chi connectivity index (χ4v) is 2.90. The summed E-state index contributed by atoms with van der Waals surface area (Å²) in [6, 6.07) is 7.43. The summed E-state index contributed by atoms with van der Waals surface area (Å²) in [4.78, 5) is 31.5. The van der Waals surface area contributed by atoms with Gasteiger partial charge in [-0.3, -0.25) is 10.1 Å². The molecule has 1 saturated heterocycles. The number of fused-ring (bicyclic) bond motifs is 1. The molecule has 1 fully saturated rings. The fourth-order valence-electron chi connectivity index (χ4n) is 2.90. The lowest BCUT2D eigenvalue weighted by molar-refractivity contribution is -0.114. The minimum Gasteiger partial charge on any atom is -0.399 e. The third-order valence-corrected chi connectivity index (χ3v) is 4.19. The van der Waals surface area contributed by atoms with Gasteiger partial charge in [-0.15, -0.1) is 0 Å². The van der Waals surface area contributed by atoms with E-state index in [0.29, 0.717) is 54.7 Å². The number of aromatic nitrogens is 4. The van der Waals surface area contributed by atoms with Crippen LogP contribution in [0.15, 0.2) is 30.5 Å². The van der Waals surface area contributed by atoms with Crippen LogP contribution in [0.5, 0.6) is 0 Å². The summed E-state index contributed by atoms with van der Waals surface area (Å²) in [6.07, 6.45) is 1.65. The van der Waals surface area contributed by atoms with Crippen molar-refractivity contribution in [3.05, 3.63) is 30.5 Å². The number of hydrogen-bond donors (Lipinski definition) is 2. The predicted molar refractivity (Wildman–Crippen MR) is 102 cm³/mol. The molecular weight excluding hydrogens is 346 g/mol. The van der Waals surface area contributed by atoms with Gasteiger partial charge in [0, 0.05) is 31.3 Å². The summed E-state index contributed by atoms with van der Waals surface area (Å²) in [6.45, 7) is 3.98. The first-order chi connectivity index (χ1) is 13.1. The normalized spacial score (nSPS) is 14.3. The van der Waals surface area contributed by atoms with E-state index in [9.17, 15) is 4.79 Å². The molecule has 1 amide bonds. The molecule has 9 heteroatoms. The number of carbonyl (C=O) groups is 1. The molecule has 0 aliphatic carbocycles. The number of amides is 1. The van der Waals surface area contributed by atoms with Crippen LogP contribution in [0.3, 0.4) is 0 Å². The van der Waals surface area contributed by atoms with Crippen LogP contribution >= 0.6 is 0 Å². The molecule has 3 N–H and O–H groups in total. The van der Waals surface area contributed by atoms with E-state index in [2.05, 4.69) is 25.2 Å². The van der Waals surface area contributed by atoms with E-state index >= 15 is 0 Å². The van der Waals surface area contributed by atoms with Crippen molar-refractivity contribution in [2.45, 2.75) is 6.92 Å². The Bertz CT molecular complexity index is 985. The second-order valence-electron chi connectivity index (χ2n) is 6.20. The van der Waals surface area contributed by atoms with E-state index in [1.165, 1.54) is 6.92 Å². The SMILES string of the molecule is CC(=O)Nc1nc(N2CCOCC2)c2nc(-c3ccc(N)cc3)cnc2n1. The lowest BCUT2D eigenvalue weighted by atomic mass is 10.1. The fraction of sp³-hybridized carbons (Fsp3) is 0.278.